The van der Waals surface area contributed by atoms with Crippen LogP contribution in [0.4, 0.5) is 11.4 Å². The highest BCUT2D eigenvalue weighted by Gasteiger charge is 2.28. The van der Waals surface area contributed by atoms with E-state index in [1.165, 1.54) is 0 Å². The second kappa shape index (κ2) is 5.78. The predicted molar refractivity (Wildman–Crippen MR) is 87.2 cm³/mol. The molecule has 0 aromatic heterocycles. The van der Waals surface area contributed by atoms with E-state index in [2.05, 4.69) is 23.3 Å². The third-order valence-electron chi connectivity index (χ3n) is 3.90. The van der Waals surface area contributed by atoms with Crippen LogP contribution in [0, 0.1) is 0 Å². The summed E-state index contributed by atoms with van der Waals surface area (Å²) in [7, 11) is 2.06. The molecule has 3 nitrogen and oxygen atoms in total. The van der Waals surface area contributed by atoms with Crippen molar-refractivity contribution in [3.8, 4) is 0 Å². The van der Waals surface area contributed by atoms with Crippen LogP contribution in [0.5, 0.6) is 0 Å². The second-order valence-electron chi connectivity index (χ2n) is 5.32. The minimum Gasteiger partial charge on any atom is -0.374 e. The van der Waals surface area contributed by atoms with E-state index in [1.807, 2.05) is 30.3 Å². The fourth-order valence-corrected chi connectivity index (χ4v) is 2.89. The maximum atomic E-state index is 12.6. The number of fused-ring (bicyclic) bond motifs is 1. The fourth-order valence-electron chi connectivity index (χ4n) is 2.76. The van der Waals surface area contributed by atoms with E-state index in [4.69, 9.17) is 11.6 Å². The van der Waals surface area contributed by atoms with Gasteiger partial charge in [0.25, 0.3) is 0 Å². The summed E-state index contributed by atoms with van der Waals surface area (Å²) in [6, 6.07) is 15.3. The van der Waals surface area contributed by atoms with Crippen molar-refractivity contribution in [2.45, 2.75) is 12.3 Å². The van der Waals surface area contributed by atoms with Crippen molar-refractivity contribution in [2.24, 2.45) is 0 Å². The number of hydrogen-bond donors (Lipinski definition) is 1. The van der Waals surface area contributed by atoms with Gasteiger partial charge in [-0.3, -0.25) is 4.79 Å². The Morgan fingerprint density at radius 2 is 1.90 bits per heavy atom. The molecule has 0 bridgehead atoms. The van der Waals surface area contributed by atoms with Crippen molar-refractivity contribution in [1.29, 1.82) is 0 Å². The lowest BCUT2D eigenvalue weighted by Crippen LogP contribution is -2.32. The first kappa shape index (κ1) is 14.0. The SMILES string of the molecule is CN1CCC(C(=O)Nc2ccc(Cl)cc2)c2ccccc21. The van der Waals surface area contributed by atoms with Crippen molar-refractivity contribution < 1.29 is 4.79 Å². The van der Waals surface area contributed by atoms with Gasteiger partial charge in [0.1, 0.15) is 0 Å². The molecular formula is C17H17ClN2O. The van der Waals surface area contributed by atoms with Gasteiger partial charge in [0.15, 0.2) is 0 Å². The predicted octanol–water partition coefficient (Wildman–Crippen LogP) is 3.90. The number of carbonyl (C=O) groups is 1. The summed E-state index contributed by atoms with van der Waals surface area (Å²) in [5, 5.41) is 3.64. The molecule has 2 aromatic rings. The lowest BCUT2D eigenvalue weighted by atomic mass is 9.89. The monoisotopic (exact) mass is 300 g/mol. The van der Waals surface area contributed by atoms with Crippen LogP contribution in [0.15, 0.2) is 48.5 Å². The van der Waals surface area contributed by atoms with Crippen LogP contribution in [0.3, 0.4) is 0 Å². The van der Waals surface area contributed by atoms with Crippen molar-refractivity contribution in [3.05, 3.63) is 59.1 Å². The molecule has 0 radical (unpaired) electrons. The number of benzene rings is 2. The van der Waals surface area contributed by atoms with Crippen molar-refractivity contribution in [2.75, 3.05) is 23.8 Å². The number of carbonyl (C=O) groups excluding carboxylic acids is 1. The highest BCUT2D eigenvalue weighted by Crippen LogP contribution is 2.35. The summed E-state index contributed by atoms with van der Waals surface area (Å²) in [5.41, 5.74) is 3.01. The molecule has 0 saturated heterocycles. The van der Waals surface area contributed by atoms with E-state index in [9.17, 15) is 4.79 Å². The van der Waals surface area contributed by atoms with Gasteiger partial charge in [-0.05, 0) is 42.3 Å². The summed E-state index contributed by atoms with van der Waals surface area (Å²) >= 11 is 5.86. The Labute approximate surface area is 129 Å². The smallest absolute Gasteiger partial charge is 0.232 e. The molecule has 0 spiro atoms. The average Bonchev–Trinajstić information content (AvgIpc) is 2.50. The zero-order chi connectivity index (χ0) is 14.8. The Balaban J connectivity index is 1.82. The van der Waals surface area contributed by atoms with Crippen LogP contribution in [0.25, 0.3) is 0 Å². The molecule has 21 heavy (non-hydrogen) atoms. The van der Waals surface area contributed by atoms with E-state index in [0.29, 0.717) is 5.02 Å². The number of hydrogen-bond acceptors (Lipinski definition) is 2. The molecule has 0 saturated carbocycles. The number of rotatable bonds is 2. The Bertz CT molecular complexity index is 654. The summed E-state index contributed by atoms with van der Waals surface area (Å²) in [6.07, 6.45) is 0.826. The lowest BCUT2D eigenvalue weighted by molar-refractivity contribution is -0.117. The minimum atomic E-state index is -0.104. The van der Waals surface area contributed by atoms with Crippen molar-refractivity contribution in [3.63, 3.8) is 0 Å². The minimum absolute atomic E-state index is 0.0397. The van der Waals surface area contributed by atoms with Gasteiger partial charge in [0, 0.05) is 30.0 Å². The third kappa shape index (κ3) is 2.88. The summed E-state index contributed by atoms with van der Waals surface area (Å²) in [4.78, 5) is 14.8. The molecule has 108 valence electrons. The number of nitrogens with zero attached hydrogens (tertiary/aromatic N) is 1. The van der Waals surface area contributed by atoms with Crippen LogP contribution in [0.2, 0.25) is 5.02 Å². The van der Waals surface area contributed by atoms with E-state index < -0.39 is 0 Å². The normalized spacial score (nSPS) is 17.2. The molecule has 0 fully saturated rings. The van der Waals surface area contributed by atoms with Crippen LogP contribution in [-0.2, 0) is 4.79 Å². The standard InChI is InChI=1S/C17H17ClN2O/c1-20-11-10-15(14-4-2-3-5-16(14)20)17(21)19-13-8-6-12(18)7-9-13/h2-9,15H,10-11H2,1H3,(H,19,21). The Morgan fingerprint density at radius 3 is 2.67 bits per heavy atom. The largest absolute Gasteiger partial charge is 0.374 e. The third-order valence-corrected chi connectivity index (χ3v) is 4.16. The molecule has 1 amide bonds. The van der Waals surface area contributed by atoms with Crippen molar-refractivity contribution in [1.82, 2.24) is 0 Å². The van der Waals surface area contributed by atoms with Gasteiger partial charge in [0.05, 0.1) is 5.92 Å². The molecule has 1 aliphatic heterocycles. The molecule has 1 heterocycles. The van der Waals surface area contributed by atoms with Crippen LogP contribution in [0.1, 0.15) is 17.9 Å². The molecule has 1 unspecified atom stereocenters. The molecule has 4 heteroatoms. The summed E-state index contributed by atoms with van der Waals surface area (Å²) in [6.45, 7) is 0.885. The molecule has 3 rings (SSSR count). The van der Waals surface area contributed by atoms with Gasteiger partial charge in [-0.2, -0.15) is 0 Å². The van der Waals surface area contributed by atoms with E-state index in [-0.39, 0.29) is 11.8 Å². The molecule has 1 aliphatic rings. The highest BCUT2D eigenvalue weighted by molar-refractivity contribution is 6.30. The Hall–Kier alpha value is -2.00. The zero-order valence-corrected chi connectivity index (χ0v) is 12.6. The van der Waals surface area contributed by atoms with Gasteiger partial charge in [-0.25, -0.2) is 0 Å². The number of amides is 1. The number of nitrogens with one attached hydrogen (secondary N) is 1. The van der Waals surface area contributed by atoms with Gasteiger partial charge in [-0.1, -0.05) is 29.8 Å². The molecule has 1 N–H and O–H groups in total. The van der Waals surface area contributed by atoms with Gasteiger partial charge in [0.2, 0.25) is 5.91 Å². The van der Waals surface area contributed by atoms with Gasteiger partial charge < -0.3 is 10.2 Å². The van der Waals surface area contributed by atoms with E-state index in [1.54, 1.807) is 12.1 Å². The molecular weight excluding hydrogens is 284 g/mol. The number of halogens is 1. The number of anilines is 2. The Morgan fingerprint density at radius 1 is 1.19 bits per heavy atom. The summed E-state index contributed by atoms with van der Waals surface area (Å²) < 4.78 is 0. The zero-order valence-electron chi connectivity index (χ0n) is 11.8. The van der Waals surface area contributed by atoms with Crippen LogP contribution < -0.4 is 10.2 Å². The van der Waals surface area contributed by atoms with Crippen LogP contribution >= 0.6 is 11.6 Å². The van der Waals surface area contributed by atoms with Gasteiger partial charge >= 0.3 is 0 Å². The highest BCUT2D eigenvalue weighted by atomic mass is 35.5. The average molecular weight is 301 g/mol. The first-order valence-electron chi connectivity index (χ1n) is 7.01. The molecule has 2 aromatic carbocycles. The second-order valence-corrected chi connectivity index (χ2v) is 5.75. The Kier molecular flexibility index (Phi) is 3.84. The number of para-hydroxylation sites is 1. The van der Waals surface area contributed by atoms with Gasteiger partial charge in [-0.15, -0.1) is 0 Å². The van der Waals surface area contributed by atoms with Crippen LogP contribution in [-0.4, -0.2) is 19.5 Å². The summed E-state index contributed by atoms with van der Waals surface area (Å²) in [5.74, 6) is -0.0639. The van der Waals surface area contributed by atoms with E-state index >= 15 is 0 Å². The first-order valence-corrected chi connectivity index (χ1v) is 7.39. The topological polar surface area (TPSA) is 32.3 Å². The quantitative estimate of drug-likeness (QED) is 0.912. The van der Waals surface area contributed by atoms with E-state index in [0.717, 1.165) is 29.9 Å². The lowest BCUT2D eigenvalue weighted by Gasteiger charge is -2.32. The molecule has 1 atom stereocenters. The van der Waals surface area contributed by atoms with Crippen molar-refractivity contribution >= 4 is 28.9 Å². The maximum Gasteiger partial charge on any atom is 0.232 e. The first-order chi connectivity index (χ1) is 10.1. The fraction of sp³-hybridized carbons (Fsp3) is 0.235. The molecule has 0 aliphatic carbocycles. The maximum absolute atomic E-state index is 12.6.